The van der Waals surface area contributed by atoms with E-state index in [1.165, 1.54) is 42.7 Å². The summed E-state index contributed by atoms with van der Waals surface area (Å²) in [6.45, 7) is 2.92. The molecule has 0 N–H and O–H groups in total. The molecule has 14 heteroatoms. The maximum absolute atomic E-state index is 11.7. The maximum atomic E-state index is 11.7. The zero-order valence-electron chi connectivity index (χ0n) is 33.5. The molecule has 0 aliphatic rings. The quantitative estimate of drug-likeness (QED) is 0.0379. The number of rotatable bonds is 13. The van der Waals surface area contributed by atoms with Crippen molar-refractivity contribution in [2.75, 3.05) is 7.11 Å². The van der Waals surface area contributed by atoms with Gasteiger partial charge in [-0.25, -0.2) is 15.0 Å². The second-order valence-electron chi connectivity index (χ2n) is 14.4. The van der Waals surface area contributed by atoms with E-state index in [0.717, 1.165) is 26.0 Å². The molecule has 7 aromatic rings. The smallest absolute Gasteiger partial charge is 0.305 e. The third-order valence-electron chi connectivity index (χ3n) is 10.4. The number of fused-ring (bicyclic) bond motifs is 2. The predicted octanol–water partition coefficient (Wildman–Crippen LogP) is 11.8. The molecule has 7 rings (SSSR count). The average Bonchev–Trinajstić information content (AvgIpc) is 3.60. The highest BCUT2D eigenvalue weighted by Crippen LogP contribution is 2.40. The van der Waals surface area contributed by atoms with E-state index in [4.69, 9.17) is 74.3 Å². The Balaban J connectivity index is 0.000000230. The number of hydrogen-bond acceptors (Lipinski definition) is 6. The largest absolute Gasteiger partial charge is 0.469 e. The number of halogens is 6. The Kier molecular flexibility index (Phi) is 16.3. The molecule has 0 unspecified atom stereocenters. The van der Waals surface area contributed by atoms with Gasteiger partial charge in [-0.2, -0.15) is 27.3 Å². The van der Waals surface area contributed by atoms with Crippen molar-refractivity contribution >= 4 is 143 Å². The van der Waals surface area contributed by atoms with Crippen LogP contribution >= 0.6 is 80.9 Å². The molecule has 314 valence electrons. The molecular formula is C47H43BCl6N4O2S. The Morgan fingerprint density at radius 3 is 1.67 bits per heavy atom. The molecule has 0 atom stereocenters. The minimum absolute atomic E-state index is 0.154. The lowest BCUT2D eigenvalue weighted by Gasteiger charge is -2.43. The molecule has 0 aliphatic carbocycles. The first-order valence-electron chi connectivity index (χ1n) is 19.8. The fraction of sp³-hybridized carbons (Fsp3) is 0.213. The average molecular weight is 951 g/mol. The van der Waals surface area contributed by atoms with Gasteiger partial charge in [0.1, 0.15) is 4.70 Å². The van der Waals surface area contributed by atoms with E-state index in [2.05, 4.69) is 142 Å². The van der Waals surface area contributed by atoms with E-state index in [0.29, 0.717) is 19.4 Å². The summed E-state index contributed by atoms with van der Waals surface area (Å²) in [4.78, 5) is 23.9. The number of hydrogen-bond donors (Lipinski definition) is 0. The number of nitrogens with zero attached hydrogens (tertiary/aromatic N) is 4. The normalized spacial score (nSPS) is 12.3. The number of ether oxygens (including phenoxy) is 1. The Morgan fingerprint density at radius 1 is 0.689 bits per heavy atom. The second-order valence-corrected chi connectivity index (χ2v) is 20.0. The van der Waals surface area contributed by atoms with E-state index < -0.39 is 13.7 Å². The standard InChI is InChI=1S/C25H19Cl6N4O2S.C22H24B/c1-37-21(36)11-6-12-35-17-13-15-7-2-3-8-16(15)14-18(17)38-20(35)10-5-4-9-19-32-22(24(26,27)28)34-23(33-19)25(29,30)31;1-2-3-19-23(20-13-7-4-8-14-20,21-15-9-5-10-16-21)22-17-11-6-12-18-22/h2-5,7-10,13-14H,6,11-12H2,1H3;4-18H,2-3,19H2,1H3/q+1;-1. The third kappa shape index (κ3) is 11.9. The summed E-state index contributed by atoms with van der Waals surface area (Å²) in [6.07, 6.45) is 10.8. The van der Waals surface area contributed by atoms with Gasteiger partial charge in [0.05, 0.1) is 19.7 Å². The molecule has 0 fully saturated rings. The summed E-state index contributed by atoms with van der Waals surface area (Å²) in [7, 11) is 1.39. The number of carbonyl (C=O) groups is 1. The van der Waals surface area contributed by atoms with Gasteiger partial charge in [0.15, 0.2) is 24.0 Å². The molecule has 0 aliphatic heterocycles. The Labute approximate surface area is 391 Å². The molecule has 0 spiro atoms. The van der Waals surface area contributed by atoms with Crippen LogP contribution in [0.2, 0.25) is 6.32 Å². The van der Waals surface area contributed by atoms with Crippen molar-refractivity contribution in [3.63, 3.8) is 0 Å². The number of alkyl halides is 6. The van der Waals surface area contributed by atoms with Crippen molar-refractivity contribution in [1.29, 1.82) is 0 Å². The van der Waals surface area contributed by atoms with E-state index in [1.807, 2.05) is 24.3 Å². The lowest BCUT2D eigenvalue weighted by atomic mass is 9.14. The van der Waals surface area contributed by atoms with E-state index >= 15 is 0 Å². The first kappa shape index (κ1) is 46.5. The molecular weight excluding hydrogens is 908 g/mol. The summed E-state index contributed by atoms with van der Waals surface area (Å²) in [5.41, 5.74) is 5.41. The van der Waals surface area contributed by atoms with Crippen LogP contribution in [0.15, 0.2) is 140 Å². The minimum atomic E-state index is -1.93. The minimum Gasteiger partial charge on any atom is -0.469 e. The van der Waals surface area contributed by atoms with Gasteiger partial charge in [-0.3, -0.25) is 4.79 Å². The van der Waals surface area contributed by atoms with Crippen molar-refractivity contribution in [1.82, 2.24) is 15.0 Å². The zero-order valence-corrected chi connectivity index (χ0v) is 38.9. The van der Waals surface area contributed by atoms with Gasteiger partial charge in [0, 0.05) is 18.6 Å². The van der Waals surface area contributed by atoms with Gasteiger partial charge in [-0.15, -0.1) is 0 Å². The van der Waals surface area contributed by atoms with Crippen molar-refractivity contribution in [3.05, 3.63) is 162 Å². The van der Waals surface area contributed by atoms with Crippen LogP contribution in [0.1, 0.15) is 55.1 Å². The molecule has 0 radical (unpaired) electrons. The van der Waals surface area contributed by atoms with Crippen molar-refractivity contribution < 1.29 is 14.1 Å². The molecule has 2 heterocycles. The van der Waals surface area contributed by atoms with Crippen LogP contribution in [0.4, 0.5) is 0 Å². The van der Waals surface area contributed by atoms with Gasteiger partial charge in [0.25, 0.3) is 5.01 Å². The van der Waals surface area contributed by atoms with E-state index in [1.54, 1.807) is 23.5 Å². The Morgan fingerprint density at radius 2 is 1.18 bits per heavy atom. The summed E-state index contributed by atoms with van der Waals surface area (Å²) in [5, 5.41) is 3.28. The number of aryl methyl sites for hydroxylation is 1. The van der Waals surface area contributed by atoms with Gasteiger partial charge in [-0.05, 0) is 22.9 Å². The van der Waals surface area contributed by atoms with Crippen molar-refractivity contribution in [2.24, 2.45) is 0 Å². The molecule has 0 amide bonds. The van der Waals surface area contributed by atoms with Gasteiger partial charge in [0.2, 0.25) is 13.1 Å². The fourth-order valence-electron chi connectivity index (χ4n) is 7.56. The van der Waals surface area contributed by atoms with Crippen LogP contribution in [-0.4, -0.2) is 34.2 Å². The summed E-state index contributed by atoms with van der Waals surface area (Å²) < 4.78 is 4.25. The first-order chi connectivity index (χ1) is 29.3. The number of carbonyl (C=O) groups excluding carboxylic acids is 1. The van der Waals surface area contributed by atoms with Crippen LogP contribution in [0, 0.1) is 0 Å². The number of unbranched alkanes of at least 4 members (excludes halogenated alkanes) is 1. The number of esters is 1. The van der Waals surface area contributed by atoms with Crippen molar-refractivity contribution in [2.45, 2.75) is 53.1 Å². The second kappa shape index (κ2) is 21.4. The van der Waals surface area contributed by atoms with Gasteiger partial charge >= 0.3 is 5.97 Å². The highest BCUT2D eigenvalue weighted by molar-refractivity contribution is 7.19. The van der Waals surface area contributed by atoms with Gasteiger partial charge in [-0.1, -0.05) is 228 Å². The Hall–Kier alpha value is -3.99. The highest BCUT2D eigenvalue weighted by Gasteiger charge is 2.34. The van der Waals surface area contributed by atoms with Crippen molar-refractivity contribution in [3.8, 4) is 0 Å². The SMILES string of the molecule is CCCC[B-](c1ccccc1)(c1ccccc1)c1ccccc1.COC(=O)CCC[n+]1c(C=CC=Cc2nc(C(Cl)(Cl)Cl)nc(C(Cl)(Cl)Cl)n2)sc2cc3ccccc3cc21. The monoisotopic (exact) mass is 948 g/mol. The van der Waals surface area contributed by atoms with E-state index in [9.17, 15) is 4.79 Å². The lowest BCUT2D eigenvalue weighted by molar-refractivity contribution is -0.669. The molecule has 0 saturated carbocycles. The van der Waals surface area contributed by atoms with Crippen LogP contribution in [0.3, 0.4) is 0 Å². The summed E-state index contributed by atoms with van der Waals surface area (Å²) in [6, 6.07) is 45.7. The first-order valence-corrected chi connectivity index (χ1v) is 22.9. The third-order valence-corrected chi connectivity index (χ3v) is 12.6. The molecule has 0 bridgehead atoms. The van der Waals surface area contributed by atoms with Crippen LogP contribution in [0.25, 0.3) is 33.1 Å². The number of thiazole rings is 1. The molecule has 0 saturated heterocycles. The molecule has 61 heavy (non-hydrogen) atoms. The molecule has 2 aromatic heterocycles. The number of allylic oxidation sites excluding steroid dienone is 2. The zero-order chi connectivity index (χ0) is 43.5. The number of aromatic nitrogens is 4. The molecule has 5 aromatic carbocycles. The predicted molar refractivity (Wildman–Crippen MR) is 261 cm³/mol. The fourth-order valence-corrected chi connectivity index (χ4v) is 9.20. The summed E-state index contributed by atoms with van der Waals surface area (Å²) in [5.74, 6) is -0.415. The Bertz CT molecular complexity index is 2470. The topological polar surface area (TPSA) is 68.8 Å². The number of benzene rings is 5. The van der Waals surface area contributed by atoms with Crippen LogP contribution in [-0.2, 0) is 23.7 Å². The van der Waals surface area contributed by atoms with Crippen LogP contribution in [0.5, 0.6) is 0 Å². The number of methoxy groups -OCH3 is 1. The lowest BCUT2D eigenvalue weighted by Crippen LogP contribution is -2.66. The van der Waals surface area contributed by atoms with E-state index in [-0.39, 0.29) is 23.4 Å². The maximum Gasteiger partial charge on any atom is 0.305 e. The van der Waals surface area contributed by atoms with Gasteiger partial charge < -0.3 is 4.74 Å². The molecule has 6 nitrogen and oxygen atoms in total. The summed E-state index contributed by atoms with van der Waals surface area (Å²) >= 11 is 37.3. The highest BCUT2D eigenvalue weighted by atomic mass is 35.6. The van der Waals surface area contributed by atoms with Crippen LogP contribution < -0.4 is 21.0 Å².